The lowest BCUT2D eigenvalue weighted by atomic mass is 10.1. The van der Waals surface area contributed by atoms with Gasteiger partial charge in [0, 0.05) is 10.9 Å². The third-order valence-electron chi connectivity index (χ3n) is 2.05. The van der Waals surface area contributed by atoms with Gasteiger partial charge in [0.1, 0.15) is 0 Å². The first-order chi connectivity index (χ1) is 7.69. The van der Waals surface area contributed by atoms with E-state index in [1.165, 1.54) is 0 Å². The second kappa shape index (κ2) is 6.29. The van der Waals surface area contributed by atoms with E-state index in [2.05, 4.69) is 22.0 Å². The fraction of sp³-hybridized carbons (Fsp3) is 0.333. The highest BCUT2D eigenvalue weighted by Crippen LogP contribution is 2.20. The van der Waals surface area contributed by atoms with Crippen LogP contribution in [0.25, 0.3) is 0 Å². The van der Waals surface area contributed by atoms with Gasteiger partial charge in [0.25, 0.3) is 0 Å². The summed E-state index contributed by atoms with van der Waals surface area (Å²) in [4.78, 5) is 11.5. The summed E-state index contributed by atoms with van der Waals surface area (Å²) in [5.41, 5.74) is 1.55. The molecule has 0 spiro atoms. The average molecular weight is 282 g/mol. The molecule has 3 nitrogen and oxygen atoms in total. The van der Waals surface area contributed by atoms with Crippen LogP contribution in [-0.4, -0.2) is 12.6 Å². The number of halogens is 1. The van der Waals surface area contributed by atoms with Gasteiger partial charge in [-0.15, -0.1) is 0 Å². The van der Waals surface area contributed by atoms with Crippen LogP contribution in [0.3, 0.4) is 0 Å². The van der Waals surface area contributed by atoms with Gasteiger partial charge >= 0.3 is 5.97 Å². The molecule has 1 rings (SSSR count). The highest BCUT2D eigenvalue weighted by atomic mass is 79.9. The van der Waals surface area contributed by atoms with E-state index in [9.17, 15) is 4.79 Å². The van der Waals surface area contributed by atoms with Gasteiger partial charge in [-0.2, -0.15) is 5.26 Å². The maximum Gasteiger partial charge on any atom is 0.339 e. The van der Waals surface area contributed by atoms with E-state index in [0.29, 0.717) is 29.5 Å². The molecule has 0 aliphatic carbocycles. The Bertz CT molecular complexity index is 424. The number of carbonyl (C=O) groups is 1. The molecule has 0 aromatic heterocycles. The zero-order valence-corrected chi connectivity index (χ0v) is 10.6. The zero-order chi connectivity index (χ0) is 12.0. The quantitative estimate of drug-likeness (QED) is 0.797. The predicted molar refractivity (Wildman–Crippen MR) is 64.0 cm³/mol. The standard InChI is InChI=1S/C12H12BrNO2/c1-2-16-12(15)10-6-5-9(4-3-7-14)8-11(10)13/h5-6,8H,2-4H2,1H3. The molecule has 16 heavy (non-hydrogen) atoms. The van der Waals surface area contributed by atoms with Gasteiger partial charge in [-0.25, -0.2) is 4.79 Å². The van der Waals surface area contributed by atoms with Crippen LogP contribution < -0.4 is 0 Å². The van der Waals surface area contributed by atoms with Crippen molar-refractivity contribution >= 4 is 21.9 Å². The number of hydrogen-bond donors (Lipinski definition) is 0. The summed E-state index contributed by atoms with van der Waals surface area (Å²) in [5.74, 6) is -0.332. The normalized spacial score (nSPS) is 9.56. The van der Waals surface area contributed by atoms with Gasteiger partial charge in [-0.1, -0.05) is 6.07 Å². The lowest BCUT2D eigenvalue weighted by Gasteiger charge is -2.05. The van der Waals surface area contributed by atoms with Crippen molar-refractivity contribution in [1.82, 2.24) is 0 Å². The number of esters is 1. The molecule has 0 amide bonds. The maximum atomic E-state index is 11.5. The fourth-order valence-corrected chi connectivity index (χ4v) is 1.88. The highest BCUT2D eigenvalue weighted by molar-refractivity contribution is 9.10. The minimum Gasteiger partial charge on any atom is -0.462 e. The van der Waals surface area contributed by atoms with Gasteiger partial charge in [0.15, 0.2) is 0 Å². The molecule has 0 N–H and O–H groups in total. The highest BCUT2D eigenvalue weighted by Gasteiger charge is 2.10. The monoisotopic (exact) mass is 281 g/mol. The lowest BCUT2D eigenvalue weighted by molar-refractivity contribution is 0.0525. The van der Waals surface area contributed by atoms with Crippen molar-refractivity contribution in [2.24, 2.45) is 0 Å². The molecule has 0 heterocycles. The summed E-state index contributed by atoms with van der Waals surface area (Å²) in [6, 6.07) is 7.50. The summed E-state index contributed by atoms with van der Waals surface area (Å²) in [6.07, 6.45) is 1.17. The molecule has 0 aliphatic rings. The van der Waals surface area contributed by atoms with Gasteiger partial charge in [-0.05, 0) is 47.0 Å². The molecule has 0 radical (unpaired) electrons. The van der Waals surface area contributed by atoms with Crippen LogP contribution in [0.2, 0.25) is 0 Å². The van der Waals surface area contributed by atoms with Crippen molar-refractivity contribution in [1.29, 1.82) is 5.26 Å². The maximum absolute atomic E-state index is 11.5. The van der Waals surface area contributed by atoms with E-state index in [1.807, 2.05) is 12.1 Å². The Balaban J connectivity index is 2.83. The molecule has 0 atom stereocenters. The molecule has 1 aromatic rings. The molecule has 0 fully saturated rings. The number of nitriles is 1. The predicted octanol–water partition coefficient (Wildman–Crippen LogP) is 3.08. The summed E-state index contributed by atoms with van der Waals surface area (Å²) in [5, 5.41) is 8.47. The number of aryl methyl sites for hydroxylation is 1. The molecule has 0 unspecified atom stereocenters. The first-order valence-electron chi connectivity index (χ1n) is 5.01. The van der Waals surface area contributed by atoms with E-state index in [0.717, 1.165) is 5.56 Å². The molecule has 0 saturated heterocycles. The van der Waals surface area contributed by atoms with Crippen molar-refractivity contribution in [3.63, 3.8) is 0 Å². The Morgan fingerprint density at radius 3 is 2.88 bits per heavy atom. The molecule has 0 aliphatic heterocycles. The van der Waals surface area contributed by atoms with Gasteiger partial charge < -0.3 is 4.74 Å². The van der Waals surface area contributed by atoms with Crippen LogP contribution >= 0.6 is 15.9 Å². The Kier molecular flexibility index (Phi) is 5.00. The van der Waals surface area contributed by atoms with Crippen LogP contribution in [0.4, 0.5) is 0 Å². The van der Waals surface area contributed by atoms with Gasteiger partial charge in [0.05, 0.1) is 18.2 Å². The minimum atomic E-state index is -0.332. The average Bonchev–Trinajstić information content (AvgIpc) is 2.26. The van der Waals surface area contributed by atoms with Crippen molar-refractivity contribution in [3.05, 3.63) is 33.8 Å². The first kappa shape index (κ1) is 12.7. The molecule has 84 valence electrons. The molecule has 1 aromatic carbocycles. The summed E-state index contributed by atoms with van der Waals surface area (Å²) >= 11 is 3.33. The van der Waals surface area contributed by atoms with Crippen molar-refractivity contribution in [2.45, 2.75) is 19.8 Å². The summed E-state index contributed by atoms with van der Waals surface area (Å²) in [6.45, 7) is 2.13. The van der Waals surface area contributed by atoms with Crippen LogP contribution in [0, 0.1) is 11.3 Å². The molecule has 4 heteroatoms. The Hall–Kier alpha value is -1.34. The van der Waals surface area contributed by atoms with Crippen LogP contribution in [0.1, 0.15) is 29.3 Å². The lowest BCUT2D eigenvalue weighted by Crippen LogP contribution is -2.05. The number of rotatable bonds is 4. The third kappa shape index (κ3) is 3.35. The van der Waals surface area contributed by atoms with E-state index in [4.69, 9.17) is 10.00 Å². The number of ether oxygens (including phenoxy) is 1. The van der Waals surface area contributed by atoms with E-state index in [1.54, 1.807) is 13.0 Å². The summed E-state index contributed by atoms with van der Waals surface area (Å²) < 4.78 is 5.62. The Morgan fingerprint density at radius 1 is 1.56 bits per heavy atom. The second-order valence-electron chi connectivity index (χ2n) is 3.19. The van der Waals surface area contributed by atoms with Crippen LogP contribution in [0.15, 0.2) is 22.7 Å². The van der Waals surface area contributed by atoms with E-state index >= 15 is 0 Å². The van der Waals surface area contributed by atoms with Gasteiger partial charge in [0.2, 0.25) is 0 Å². The SMILES string of the molecule is CCOC(=O)c1ccc(CCC#N)cc1Br. The number of carbonyl (C=O) groups excluding carboxylic acids is 1. The number of benzene rings is 1. The largest absolute Gasteiger partial charge is 0.462 e. The number of nitrogens with zero attached hydrogens (tertiary/aromatic N) is 1. The van der Waals surface area contributed by atoms with E-state index < -0.39 is 0 Å². The van der Waals surface area contributed by atoms with Crippen LogP contribution in [-0.2, 0) is 11.2 Å². The first-order valence-corrected chi connectivity index (χ1v) is 5.80. The smallest absolute Gasteiger partial charge is 0.339 e. The molecular weight excluding hydrogens is 270 g/mol. The molecule has 0 saturated carbocycles. The van der Waals surface area contributed by atoms with Crippen molar-refractivity contribution in [3.8, 4) is 6.07 Å². The van der Waals surface area contributed by atoms with E-state index in [-0.39, 0.29) is 5.97 Å². The van der Waals surface area contributed by atoms with Crippen LogP contribution in [0.5, 0.6) is 0 Å². The van der Waals surface area contributed by atoms with Crippen molar-refractivity contribution in [2.75, 3.05) is 6.61 Å². The fourth-order valence-electron chi connectivity index (χ4n) is 1.29. The minimum absolute atomic E-state index is 0.332. The Morgan fingerprint density at radius 2 is 2.31 bits per heavy atom. The number of hydrogen-bond acceptors (Lipinski definition) is 3. The van der Waals surface area contributed by atoms with Crippen molar-refractivity contribution < 1.29 is 9.53 Å². The topological polar surface area (TPSA) is 50.1 Å². The Labute approximate surface area is 103 Å². The molecular formula is C12H12BrNO2. The molecule has 0 bridgehead atoms. The zero-order valence-electron chi connectivity index (χ0n) is 9.00. The summed E-state index contributed by atoms with van der Waals surface area (Å²) in [7, 11) is 0. The second-order valence-corrected chi connectivity index (χ2v) is 4.05. The van der Waals surface area contributed by atoms with Gasteiger partial charge in [-0.3, -0.25) is 0 Å². The third-order valence-corrected chi connectivity index (χ3v) is 2.71.